The molecule has 0 saturated carbocycles. The predicted octanol–water partition coefficient (Wildman–Crippen LogP) is 4.06. The normalized spacial score (nSPS) is 14.7. The minimum Gasteiger partial charge on any atom is -0.473 e. The van der Waals surface area contributed by atoms with Gasteiger partial charge in [-0.25, -0.2) is 19.2 Å². The van der Waals surface area contributed by atoms with E-state index >= 15 is 0 Å². The monoisotopic (exact) mass is 448 g/mol. The zero-order chi connectivity index (χ0) is 22.9. The molecule has 5 rings (SSSR count). The number of rotatable bonds is 5. The van der Waals surface area contributed by atoms with Crippen LogP contribution in [0, 0.1) is 12.4 Å². The number of aromatic nitrogens is 6. The summed E-state index contributed by atoms with van der Waals surface area (Å²) in [5.41, 5.74) is 1.36. The van der Waals surface area contributed by atoms with Crippen LogP contribution in [0.15, 0.2) is 35.4 Å². The predicted molar refractivity (Wildman–Crippen MR) is 117 cm³/mol. The number of fused-ring (bicyclic) bond motifs is 1. The van der Waals surface area contributed by atoms with Gasteiger partial charge in [-0.15, -0.1) is 0 Å². The zero-order valence-corrected chi connectivity index (χ0v) is 18.1. The number of nitrogens with zero attached hydrogens (tertiary/aromatic N) is 8. The number of anilines is 1. The quantitative estimate of drug-likeness (QED) is 0.422. The van der Waals surface area contributed by atoms with Gasteiger partial charge in [0.15, 0.2) is 22.7 Å². The number of piperidine rings is 1. The van der Waals surface area contributed by atoms with Gasteiger partial charge in [-0.3, -0.25) is 4.57 Å². The van der Waals surface area contributed by atoms with Crippen LogP contribution in [0.2, 0.25) is 0 Å². The lowest BCUT2D eigenvalue weighted by Gasteiger charge is -2.30. The Morgan fingerprint density at radius 1 is 1.21 bits per heavy atom. The molecule has 168 valence electrons. The molecule has 0 spiro atoms. The molecule has 3 aromatic heterocycles. The second-order valence-electron chi connectivity index (χ2n) is 8.11. The summed E-state index contributed by atoms with van der Waals surface area (Å²) >= 11 is 0. The summed E-state index contributed by atoms with van der Waals surface area (Å²) in [6, 6.07) is 4.81. The Labute approximate surface area is 188 Å². The Hall–Kier alpha value is -4.07. The van der Waals surface area contributed by atoms with Crippen molar-refractivity contribution in [3.05, 3.63) is 53.9 Å². The maximum atomic E-state index is 14.5. The number of hydrogen-bond acceptors (Lipinski definition) is 8. The molecule has 0 N–H and O–H groups in total. The molecular formula is C22H21FN8O2. The van der Waals surface area contributed by atoms with E-state index in [-0.39, 0.29) is 23.4 Å². The first kappa shape index (κ1) is 20.8. The maximum absolute atomic E-state index is 14.5. The topological polar surface area (TPSA) is 99.3 Å². The zero-order valence-electron chi connectivity index (χ0n) is 18.1. The van der Waals surface area contributed by atoms with Gasteiger partial charge in [-0.1, -0.05) is 25.1 Å². The molecule has 0 radical (unpaired) electrons. The fourth-order valence-electron chi connectivity index (χ4n) is 3.75. The van der Waals surface area contributed by atoms with Crippen molar-refractivity contribution >= 4 is 22.9 Å². The van der Waals surface area contributed by atoms with E-state index < -0.39 is 5.82 Å². The Morgan fingerprint density at radius 2 is 2.03 bits per heavy atom. The van der Waals surface area contributed by atoms with E-state index in [2.05, 4.69) is 34.8 Å². The lowest BCUT2D eigenvalue weighted by molar-refractivity contribution is 0.163. The van der Waals surface area contributed by atoms with E-state index in [9.17, 15) is 4.39 Å². The fraction of sp³-hybridized carbons (Fsp3) is 0.364. The van der Waals surface area contributed by atoms with Crippen molar-refractivity contribution in [2.45, 2.75) is 38.7 Å². The minimum atomic E-state index is -0.530. The summed E-state index contributed by atoms with van der Waals surface area (Å²) in [5, 5.41) is 4.03. The summed E-state index contributed by atoms with van der Waals surface area (Å²) in [4.78, 5) is 22.7. The Bertz CT molecular complexity index is 1330. The molecule has 0 unspecified atom stereocenters. The van der Waals surface area contributed by atoms with Gasteiger partial charge in [0.05, 0.1) is 12.3 Å². The number of imidazole rings is 1. The van der Waals surface area contributed by atoms with Crippen LogP contribution in [-0.4, -0.2) is 48.9 Å². The van der Waals surface area contributed by atoms with Crippen LogP contribution in [0.5, 0.6) is 5.88 Å². The molecule has 1 aliphatic rings. The smallest absolute Gasteiger partial charge is 0.324 e. The molecule has 1 saturated heterocycles. The van der Waals surface area contributed by atoms with Crippen LogP contribution in [0.25, 0.3) is 21.7 Å². The Balaban J connectivity index is 1.32. The van der Waals surface area contributed by atoms with E-state index in [0.717, 1.165) is 12.8 Å². The highest BCUT2D eigenvalue weighted by Gasteiger charge is 2.26. The standard InChI is InChI=1S/C22H21FN8O2/c1-13(2)19-28-22(33-29-19)30-8-6-15(7-9-30)32-21-18-20(25-11-26-21)31(12-27-18)17-5-4-14(24-3)10-16(17)23/h4-5,10-13,15H,6-9H2,1-2H3. The molecule has 4 aromatic rings. The highest BCUT2D eigenvalue weighted by atomic mass is 19.1. The third-order valence-corrected chi connectivity index (χ3v) is 5.56. The molecule has 11 heteroatoms. The van der Waals surface area contributed by atoms with Crippen LogP contribution < -0.4 is 9.64 Å². The van der Waals surface area contributed by atoms with Gasteiger partial charge in [0.2, 0.25) is 5.88 Å². The van der Waals surface area contributed by atoms with Crippen molar-refractivity contribution < 1.29 is 13.7 Å². The first-order valence-electron chi connectivity index (χ1n) is 10.6. The van der Waals surface area contributed by atoms with Gasteiger partial charge in [0.25, 0.3) is 0 Å². The first-order chi connectivity index (χ1) is 16.0. The molecule has 10 nitrogen and oxygen atoms in total. The molecule has 0 aliphatic carbocycles. The first-order valence-corrected chi connectivity index (χ1v) is 10.6. The average Bonchev–Trinajstić information content (AvgIpc) is 3.48. The van der Waals surface area contributed by atoms with Gasteiger partial charge in [0.1, 0.15) is 24.6 Å². The summed E-state index contributed by atoms with van der Waals surface area (Å²) in [5.74, 6) is 0.734. The SMILES string of the molecule is [C-]#[N+]c1ccc(-n2cnc3c(OC4CCN(c5nc(C(C)C)no5)CC4)ncnc32)c(F)c1. The summed E-state index contributed by atoms with van der Waals surface area (Å²) in [6.07, 6.45) is 4.29. The molecule has 4 heterocycles. The molecule has 0 atom stereocenters. The number of benzene rings is 1. The summed E-state index contributed by atoms with van der Waals surface area (Å²) in [6.45, 7) is 12.5. The largest absolute Gasteiger partial charge is 0.473 e. The van der Waals surface area contributed by atoms with Crippen molar-refractivity contribution in [1.29, 1.82) is 0 Å². The maximum Gasteiger partial charge on any atom is 0.324 e. The number of ether oxygens (including phenoxy) is 1. The average molecular weight is 448 g/mol. The van der Waals surface area contributed by atoms with Crippen LogP contribution >= 0.6 is 0 Å². The lowest BCUT2D eigenvalue weighted by atomic mass is 10.1. The number of halogens is 1. The molecule has 1 fully saturated rings. The van der Waals surface area contributed by atoms with E-state index in [0.29, 0.717) is 42.0 Å². The molecule has 0 amide bonds. The van der Waals surface area contributed by atoms with Gasteiger partial charge < -0.3 is 14.2 Å². The Morgan fingerprint density at radius 3 is 2.73 bits per heavy atom. The third kappa shape index (κ3) is 3.95. The second-order valence-corrected chi connectivity index (χ2v) is 8.11. The van der Waals surface area contributed by atoms with Crippen molar-refractivity contribution in [2.24, 2.45) is 0 Å². The van der Waals surface area contributed by atoms with Gasteiger partial charge in [-0.2, -0.15) is 9.97 Å². The fourth-order valence-corrected chi connectivity index (χ4v) is 3.75. The van der Waals surface area contributed by atoms with Gasteiger partial charge >= 0.3 is 6.01 Å². The van der Waals surface area contributed by atoms with E-state index in [1.807, 2.05) is 13.8 Å². The summed E-state index contributed by atoms with van der Waals surface area (Å²) in [7, 11) is 0. The van der Waals surface area contributed by atoms with Crippen molar-refractivity contribution in [3.63, 3.8) is 0 Å². The molecule has 33 heavy (non-hydrogen) atoms. The number of hydrogen-bond donors (Lipinski definition) is 0. The van der Waals surface area contributed by atoms with Gasteiger partial charge in [-0.05, 0) is 12.1 Å². The Kier molecular flexibility index (Phi) is 5.34. The van der Waals surface area contributed by atoms with Crippen LogP contribution in [0.3, 0.4) is 0 Å². The van der Waals surface area contributed by atoms with Crippen LogP contribution in [0.4, 0.5) is 16.1 Å². The molecular weight excluding hydrogens is 427 g/mol. The van der Waals surface area contributed by atoms with E-state index in [4.69, 9.17) is 15.8 Å². The highest BCUT2D eigenvalue weighted by molar-refractivity contribution is 5.78. The second kappa shape index (κ2) is 8.46. The van der Waals surface area contributed by atoms with Crippen LogP contribution in [-0.2, 0) is 0 Å². The summed E-state index contributed by atoms with van der Waals surface area (Å²) < 4.78 is 27.6. The molecule has 1 aliphatic heterocycles. The highest BCUT2D eigenvalue weighted by Crippen LogP contribution is 2.28. The van der Waals surface area contributed by atoms with Crippen molar-refractivity contribution in [3.8, 4) is 11.6 Å². The molecule has 1 aromatic carbocycles. The van der Waals surface area contributed by atoms with E-state index in [1.54, 1.807) is 6.07 Å². The van der Waals surface area contributed by atoms with Gasteiger partial charge in [0, 0.05) is 31.8 Å². The third-order valence-electron chi connectivity index (χ3n) is 5.56. The van der Waals surface area contributed by atoms with Crippen molar-refractivity contribution in [2.75, 3.05) is 18.0 Å². The molecule has 0 bridgehead atoms. The lowest BCUT2D eigenvalue weighted by Crippen LogP contribution is -2.38. The van der Waals surface area contributed by atoms with E-state index in [1.165, 1.54) is 29.4 Å². The van der Waals surface area contributed by atoms with Crippen molar-refractivity contribution in [1.82, 2.24) is 29.7 Å². The van der Waals surface area contributed by atoms with Crippen LogP contribution in [0.1, 0.15) is 38.4 Å². The minimum absolute atomic E-state index is 0.0633.